The van der Waals surface area contributed by atoms with E-state index >= 15 is 0 Å². The Balaban J connectivity index is 1.29. The van der Waals surface area contributed by atoms with Crippen molar-refractivity contribution >= 4 is 11.9 Å². The maximum absolute atomic E-state index is 12.1. The first-order valence-electron chi connectivity index (χ1n) is 9.10. The molecule has 0 bridgehead atoms. The molecule has 0 aromatic heterocycles. The lowest BCUT2D eigenvalue weighted by Crippen LogP contribution is -2.25. The van der Waals surface area contributed by atoms with Crippen LogP contribution in [0, 0.1) is 0 Å². The molecule has 0 amide bonds. The molecule has 0 atom stereocenters. The Morgan fingerprint density at radius 1 is 1.14 bits per heavy atom. The third kappa shape index (κ3) is 4.26. The zero-order chi connectivity index (χ0) is 20.2. The summed E-state index contributed by atoms with van der Waals surface area (Å²) in [5.74, 6) is 0.596. The minimum atomic E-state index is -0.663. The third-order valence-electron chi connectivity index (χ3n) is 4.61. The second kappa shape index (κ2) is 8.14. The number of esters is 2. The van der Waals surface area contributed by atoms with Crippen molar-refractivity contribution in [1.29, 1.82) is 0 Å². The smallest absolute Gasteiger partial charge is 0.322 e. The molecule has 1 aliphatic carbocycles. The van der Waals surface area contributed by atoms with Crippen molar-refractivity contribution < 1.29 is 28.5 Å². The number of ether oxygens (including phenoxy) is 4. The standard InChI is InChI=1S/C21H20N2O6/c1-26-15-4-2-13(3-5-15)11-28-19(24)9-20(25)29-16-6-7-18-17(8-16)21-14(12-27-18)10-22-23-21/h2-7,10,22-23H,8-9,11-12H2,1H3. The lowest BCUT2D eigenvalue weighted by molar-refractivity contribution is -0.153. The highest BCUT2D eigenvalue weighted by Crippen LogP contribution is 2.35. The van der Waals surface area contributed by atoms with Crippen LogP contribution in [0.1, 0.15) is 18.4 Å². The Morgan fingerprint density at radius 3 is 2.76 bits per heavy atom. The molecular formula is C21H20N2O6. The molecule has 0 fully saturated rings. The van der Waals surface area contributed by atoms with Crippen LogP contribution >= 0.6 is 0 Å². The molecule has 8 heteroatoms. The third-order valence-corrected chi connectivity index (χ3v) is 4.61. The lowest BCUT2D eigenvalue weighted by Gasteiger charge is -2.25. The number of carbonyl (C=O) groups excluding carboxylic acids is 2. The maximum atomic E-state index is 12.1. The second-order valence-corrected chi connectivity index (χ2v) is 6.58. The van der Waals surface area contributed by atoms with Crippen molar-refractivity contribution in [1.82, 2.24) is 10.9 Å². The fourth-order valence-electron chi connectivity index (χ4n) is 3.13. The van der Waals surface area contributed by atoms with Crippen LogP contribution in [0.4, 0.5) is 0 Å². The van der Waals surface area contributed by atoms with Crippen molar-refractivity contribution in [3.63, 3.8) is 0 Å². The number of rotatable bonds is 6. The van der Waals surface area contributed by atoms with E-state index in [2.05, 4.69) is 10.9 Å². The zero-order valence-electron chi connectivity index (χ0n) is 15.8. The van der Waals surface area contributed by atoms with Crippen molar-refractivity contribution in [2.75, 3.05) is 13.7 Å². The number of allylic oxidation sites excluding steroid dienone is 4. The van der Waals surface area contributed by atoms with E-state index in [0.29, 0.717) is 24.5 Å². The Hall–Kier alpha value is -3.68. The van der Waals surface area contributed by atoms with E-state index in [9.17, 15) is 9.59 Å². The summed E-state index contributed by atoms with van der Waals surface area (Å²) in [5, 5.41) is 0. The molecule has 2 heterocycles. The number of methoxy groups -OCH3 is 1. The number of hydrogen-bond acceptors (Lipinski definition) is 8. The van der Waals surface area contributed by atoms with Gasteiger partial charge in [0, 0.05) is 23.8 Å². The summed E-state index contributed by atoms with van der Waals surface area (Å²) in [5.41, 5.74) is 9.65. The van der Waals surface area contributed by atoms with Crippen LogP contribution in [0.3, 0.4) is 0 Å². The van der Waals surface area contributed by atoms with E-state index in [4.69, 9.17) is 18.9 Å². The molecular weight excluding hydrogens is 376 g/mol. The number of carbonyl (C=O) groups is 2. The van der Waals surface area contributed by atoms with E-state index in [1.807, 2.05) is 6.20 Å². The van der Waals surface area contributed by atoms with E-state index in [-0.39, 0.29) is 6.61 Å². The summed E-state index contributed by atoms with van der Waals surface area (Å²) < 4.78 is 21.2. The number of hydrogen-bond donors (Lipinski definition) is 2. The average molecular weight is 396 g/mol. The van der Waals surface area contributed by atoms with Gasteiger partial charge in [-0.2, -0.15) is 0 Å². The molecule has 0 saturated carbocycles. The topological polar surface area (TPSA) is 95.1 Å². The Labute approximate surface area is 167 Å². The molecule has 4 rings (SSSR count). The van der Waals surface area contributed by atoms with Crippen LogP contribution in [0.2, 0.25) is 0 Å². The summed E-state index contributed by atoms with van der Waals surface area (Å²) in [6.07, 6.45) is 5.20. The van der Waals surface area contributed by atoms with Crippen molar-refractivity contribution in [2.45, 2.75) is 19.4 Å². The molecule has 0 radical (unpaired) electrons. The summed E-state index contributed by atoms with van der Waals surface area (Å²) in [7, 11) is 1.58. The molecule has 2 aliphatic heterocycles. The Kier molecular flexibility index (Phi) is 5.24. The summed E-state index contributed by atoms with van der Waals surface area (Å²) >= 11 is 0. The molecule has 0 saturated heterocycles. The number of benzene rings is 1. The minimum Gasteiger partial charge on any atom is -0.497 e. The largest absolute Gasteiger partial charge is 0.497 e. The predicted molar refractivity (Wildman–Crippen MR) is 102 cm³/mol. The molecule has 0 spiro atoms. The van der Waals surface area contributed by atoms with Gasteiger partial charge >= 0.3 is 11.9 Å². The van der Waals surface area contributed by atoms with Crippen LogP contribution in [-0.2, 0) is 30.4 Å². The van der Waals surface area contributed by atoms with Gasteiger partial charge in [-0.3, -0.25) is 9.59 Å². The van der Waals surface area contributed by atoms with Gasteiger partial charge in [0.15, 0.2) is 0 Å². The lowest BCUT2D eigenvalue weighted by atomic mass is 9.97. The number of nitrogens with one attached hydrogen (secondary N) is 2. The SMILES string of the molecule is COc1ccc(COC(=O)CC(=O)OC2=CC=C3OCC4=CNNC4=C3C2)cc1. The van der Waals surface area contributed by atoms with E-state index in [0.717, 1.165) is 28.2 Å². The maximum Gasteiger partial charge on any atom is 0.322 e. The molecule has 0 unspecified atom stereocenters. The monoisotopic (exact) mass is 396 g/mol. The molecule has 2 N–H and O–H groups in total. The van der Waals surface area contributed by atoms with Gasteiger partial charge in [0.25, 0.3) is 0 Å². The first-order chi connectivity index (χ1) is 14.1. The van der Waals surface area contributed by atoms with Gasteiger partial charge in [-0.15, -0.1) is 0 Å². The Morgan fingerprint density at radius 2 is 1.97 bits per heavy atom. The van der Waals surface area contributed by atoms with Gasteiger partial charge in [-0.05, 0) is 29.8 Å². The van der Waals surface area contributed by atoms with Crippen LogP contribution in [0.25, 0.3) is 0 Å². The van der Waals surface area contributed by atoms with E-state index in [1.54, 1.807) is 43.5 Å². The number of hydrazine groups is 1. The first kappa shape index (κ1) is 18.7. The van der Waals surface area contributed by atoms with Crippen molar-refractivity contribution in [3.05, 3.63) is 76.5 Å². The van der Waals surface area contributed by atoms with Gasteiger partial charge < -0.3 is 29.8 Å². The molecule has 29 heavy (non-hydrogen) atoms. The van der Waals surface area contributed by atoms with Crippen molar-refractivity contribution in [3.8, 4) is 5.75 Å². The molecule has 150 valence electrons. The first-order valence-corrected chi connectivity index (χ1v) is 9.10. The fraction of sp³-hybridized carbons (Fsp3) is 0.238. The van der Waals surface area contributed by atoms with Gasteiger partial charge in [-0.25, -0.2) is 0 Å². The highest BCUT2D eigenvalue weighted by atomic mass is 16.6. The molecule has 1 aromatic carbocycles. The van der Waals surface area contributed by atoms with E-state index in [1.165, 1.54) is 0 Å². The van der Waals surface area contributed by atoms with Gasteiger partial charge in [-0.1, -0.05) is 12.1 Å². The molecule has 8 nitrogen and oxygen atoms in total. The van der Waals surface area contributed by atoms with Gasteiger partial charge in [0.05, 0.1) is 12.8 Å². The Bertz CT molecular complexity index is 956. The van der Waals surface area contributed by atoms with Gasteiger partial charge in [0.2, 0.25) is 0 Å². The summed E-state index contributed by atoms with van der Waals surface area (Å²) in [6.45, 7) is 0.555. The minimum absolute atomic E-state index is 0.0757. The highest BCUT2D eigenvalue weighted by molar-refractivity contribution is 5.91. The van der Waals surface area contributed by atoms with Crippen LogP contribution in [0.15, 0.2) is 71.0 Å². The number of fused-ring (bicyclic) bond motifs is 2. The van der Waals surface area contributed by atoms with Crippen molar-refractivity contribution in [2.24, 2.45) is 0 Å². The predicted octanol–water partition coefficient (Wildman–Crippen LogP) is 2.12. The molecule has 1 aromatic rings. The fourth-order valence-corrected chi connectivity index (χ4v) is 3.13. The van der Waals surface area contributed by atoms with Crippen LogP contribution < -0.4 is 15.6 Å². The quantitative estimate of drug-likeness (QED) is 0.558. The normalized spacial score (nSPS) is 16.7. The zero-order valence-corrected chi connectivity index (χ0v) is 15.8. The van der Waals surface area contributed by atoms with E-state index < -0.39 is 18.4 Å². The van der Waals surface area contributed by atoms with Gasteiger partial charge in [0.1, 0.15) is 36.9 Å². The average Bonchev–Trinajstić information content (AvgIpc) is 3.22. The van der Waals surface area contributed by atoms with Crippen LogP contribution in [0.5, 0.6) is 5.75 Å². The molecule has 3 aliphatic rings. The highest BCUT2D eigenvalue weighted by Gasteiger charge is 2.29. The summed E-state index contributed by atoms with van der Waals surface area (Å²) in [4.78, 5) is 24.1. The summed E-state index contributed by atoms with van der Waals surface area (Å²) in [6, 6.07) is 7.12. The van der Waals surface area contributed by atoms with Crippen LogP contribution in [-0.4, -0.2) is 25.7 Å². The second-order valence-electron chi connectivity index (χ2n) is 6.58.